The third kappa shape index (κ3) is 8.14. The van der Waals surface area contributed by atoms with E-state index in [1.807, 2.05) is 0 Å². The number of amides is 1. The first-order valence-electron chi connectivity index (χ1n) is 11.1. The van der Waals surface area contributed by atoms with E-state index >= 15 is 0 Å². The summed E-state index contributed by atoms with van der Waals surface area (Å²) in [6.07, 6.45) is 7.36. The van der Waals surface area contributed by atoms with E-state index in [1.165, 1.54) is 25.0 Å². The van der Waals surface area contributed by atoms with Gasteiger partial charge < -0.3 is 14.8 Å². The van der Waals surface area contributed by atoms with Crippen LogP contribution in [0.1, 0.15) is 65.2 Å². The van der Waals surface area contributed by atoms with Gasteiger partial charge in [-0.1, -0.05) is 39.5 Å². The van der Waals surface area contributed by atoms with Crippen LogP contribution in [0.2, 0.25) is 0 Å². The Hall–Kier alpha value is -1.80. The Morgan fingerprint density at radius 2 is 1.83 bits per heavy atom. The Bertz CT molecular complexity index is 767. The zero-order chi connectivity index (χ0) is 21.8. The number of carbonyl (C=O) groups is 1. The van der Waals surface area contributed by atoms with E-state index in [2.05, 4.69) is 23.9 Å². The van der Waals surface area contributed by atoms with Gasteiger partial charge >= 0.3 is 0 Å². The summed E-state index contributed by atoms with van der Waals surface area (Å²) in [5.41, 5.74) is 0. The maximum Gasteiger partial charge on any atom is 0.240 e. The molecule has 2 rings (SSSR count). The van der Waals surface area contributed by atoms with Gasteiger partial charge in [0.2, 0.25) is 15.9 Å². The molecule has 0 unspecified atom stereocenters. The van der Waals surface area contributed by atoms with Crippen molar-refractivity contribution in [3.8, 4) is 11.5 Å². The highest BCUT2D eigenvalue weighted by molar-refractivity contribution is 7.89. The van der Waals surface area contributed by atoms with Crippen molar-refractivity contribution >= 4 is 15.9 Å². The number of ether oxygens (including phenoxy) is 2. The molecule has 8 heteroatoms. The maximum atomic E-state index is 12.4. The van der Waals surface area contributed by atoms with Crippen molar-refractivity contribution < 1.29 is 22.7 Å². The SMILES string of the molecule is CCCC[C@H](CC)CNC(=O)CCCCCNS(=O)(=O)c1ccc2c(c1)OCCO2. The van der Waals surface area contributed by atoms with Crippen LogP contribution in [0.25, 0.3) is 0 Å². The van der Waals surface area contributed by atoms with Crippen molar-refractivity contribution in [3.63, 3.8) is 0 Å². The molecule has 0 radical (unpaired) electrons. The molecule has 170 valence electrons. The van der Waals surface area contributed by atoms with Crippen molar-refractivity contribution in [1.82, 2.24) is 10.0 Å². The standard InChI is InChI=1S/C22H36N2O5S/c1-3-5-9-18(4-2)17-23-22(25)10-7-6-8-13-24-30(26,27)19-11-12-20-21(16-19)29-15-14-28-20/h11-12,16,18,24H,3-10,13-15,17H2,1-2H3,(H,23,25)/t18-/m0/s1. The summed E-state index contributed by atoms with van der Waals surface area (Å²) in [7, 11) is -3.59. The van der Waals surface area contributed by atoms with Crippen LogP contribution in [0.15, 0.2) is 23.1 Å². The van der Waals surface area contributed by atoms with E-state index in [0.29, 0.717) is 50.0 Å². The van der Waals surface area contributed by atoms with Crippen LogP contribution in [0.4, 0.5) is 0 Å². The molecule has 0 spiro atoms. The second-order valence-electron chi connectivity index (χ2n) is 7.73. The van der Waals surface area contributed by atoms with Crippen LogP contribution in [-0.2, 0) is 14.8 Å². The zero-order valence-electron chi connectivity index (χ0n) is 18.2. The monoisotopic (exact) mass is 440 g/mol. The van der Waals surface area contributed by atoms with E-state index in [4.69, 9.17) is 9.47 Å². The molecule has 0 saturated heterocycles. The molecule has 2 N–H and O–H groups in total. The van der Waals surface area contributed by atoms with Gasteiger partial charge in [0.1, 0.15) is 13.2 Å². The number of unbranched alkanes of at least 4 members (excludes halogenated alkanes) is 3. The second-order valence-corrected chi connectivity index (χ2v) is 9.50. The first kappa shape index (κ1) is 24.5. The summed E-state index contributed by atoms with van der Waals surface area (Å²) in [6.45, 7) is 6.32. The molecule has 1 amide bonds. The number of fused-ring (bicyclic) bond motifs is 1. The van der Waals surface area contributed by atoms with Crippen molar-refractivity contribution in [3.05, 3.63) is 18.2 Å². The minimum absolute atomic E-state index is 0.0850. The molecule has 0 aliphatic carbocycles. The summed E-state index contributed by atoms with van der Waals surface area (Å²) < 4.78 is 38.4. The van der Waals surface area contributed by atoms with Gasteiger partial charge in [0.25, 0.3) is 0 Å². The molecule has 1 aliphatic rings. The summed E-state index contributed by atoms with van der Waals surface area (Å²) in [6, 6.07) is 4.63. The van der Waals surface area contributed by atoms with E-state index in [-0.39, 0.29) is 10.8 Å². The molecule has 1 aliphatic heterocycles. The van der Waals surface area contributed by atoms with Gasteiger partial charge in [-0.2, -0.15) is 0 Å². The average molecular weight is 441 g/mol. The van der Waals surface area contributed by atoms with Gasteiger partial charge in [-0.3, -0.25) is 4.79 Å². The fourth-order valence-corrected chi connectivity index (χ4v) is 4.45. The van der Waals surface area contributed by atoms with E-state index in [9.17, 15) is 13.2 Å². The second kappa shape index (κ2) is 12.8. The van der Waals surface area contributed by atoms with E-state index in [1.54, 1.807) is 6.07 Å². The number of benzene rings is 1. The third-order valence-corrected chi connectivity index (χ3v) is 6.79. The molecule has 1 heterocycles. The van der Waals surface area contributed by atoms with Gasteiger partial charge in [-0.05, 0) is 37.3 Å². The average Bonchev–Trinajstić information content (AvgIpc) is 2.75. The Morgan fingerprint density at radius 1 is 1.07 bits per heavy atom. The highest BCUT2D eigenvalue weighted by Crippen LogP contribution is 2.32. The lowest BCUT2D eigenvalue weighted by Gasteiger charge is -2.18. The number of rotatable bonds is 14. The molecule has 1 aromatic carbocycles. The van der Waals surface area contributed by atoms with Gasteiger partial charge in [0.05, 0.1) is 4.90 Å². The Balaban J connectivity index is 1.62. The van der Waals surface area contributed by atoms with E-state index in [0.717, 1.165) is 32.2 Å². The normalized spacial score (nSPS) is 14.3. The molecule has 0 saturated carbocycles. The molecule has 1 atom stereocenters. The predicted molar refractivity (Wildman–Crippen MR) is 117 cm³/mol. The van der Waals surface area contributed by atoms with Gasteiger partial charge in [-0.25, -0.2) is 13.1 Å². The molecule has 30 heavy (non-hydrogen) atoms. The number of hydrogen-bond donors (Lipinski definition) is 2. The Morgan fingerprint density at radius 3 is 2.57 bits per heavy atom. The number of hydrogen-bond acceptors (Lipinski definition) is 5. The molecule has 0 bridgehead atoms. The van der Waals surface area contributed by atoms with Crippen LogP contribution in [0, 0.1) is 5.92 Å². The third-order valence-electron chi connectivity index (χ3n) is 5.33. The predicted octanol–water partition coefficient (Wildman–Crippen LogP) is 3.63. The minimum Gasteiger partial charge on any atom is -0.486 e. The highest BCUT2D eigenvalue weighted by atomic mass is 32.2. The van der Waals surface area contributed by atoms with Crippen LogP contribution in [0.3, 0.4) is 0 Å². The highest BCUT2D eigenvalue weighted by Gasteiger charge is 2.19. The van der Waals surface area contributed by atoms with E-state index < -0.39 is 10.0 Å². The zero-order valence-corrected chi connectivity index (χ0v) is 19.1. The van der Waals surface area contributed by atoms with Gasteiger partial charge in [-0.15, -0.1) is 0 Å². The topological polar surface area (TPSA) is 93.7 Å². The number of nitrogens with one attached hydrogen (secondary N) is 2. The quantitative estimate of drug-likeness (QED) is 0.431. The van der Waals surface area contributed by atoms with Crippen molar-refractivity contribution in [1.29, 1.82) is 0 Å². The van der Waals surface area contributed by atoms with Gasteiger partial charge in [0.15, 0.2) is 11.5 Å². The summed E-state index contributed by atoms with van der Waals surface area (Å²) in [5, 5.41) is 3.03. The number of carbonyl (C=O) groups excluding carboxylic acids is 1. The van der Waals surface area contributed by atoms with Crippen molar-refractivity contribution in [2.24, 2.45) is 5.92 Å². The molecular weight excluding hydrogens is 404 g/mol. The smallest absolute Gasteiger partial charge is 0.240 e. The number of sulfonamides is 1. The largest absolute Gasteiger partial charge is 0.486 e. The summed E-state index contributed by atoms with van der Waals surface area (Å²) in [5.74, 6) is 1.66. The van der Waals surface area contributed by atoms with Crippen LogP contribution >= 0.6 is 0 Å². The lowest BCUT2D eigenvalue weighted by Crippen LogP contribution is -2.29. The van der Waals surface area contributed by atoms with Crippen LogP contribution in [0.5, 0.6) is 11.5 Å². The first-order chi connectivity index (χ1) is 14.5. The lowest BCUT2D eigenvalue weighted by atomic mass is 9.99. The molecule has 1 aromatic rings. The van der Waals surface area contributed by atoms with Crippen molar-refractivity contribution in [2.75, 3.05) is 26.3 Å². The Kier molecular flexibility index (Phi) is 10.4. The molecule has 0 aromatic heterocycles. The fourth-order valence-electron chi connectivity index (χ4n) is 3.36. The molecular formula is C22H36N2O5S. The van der Waals surface area contributed by atoms with Crippen LogP contribution < -0.4 is 19.5 Å². The lowest BCUT2D eigenvalue weighted by molar-refractivity contribution is -0.121. The Labute approximate surface area is 181 Å². The summed E-state index contributed by atoms with van der Waals surface area (Å²) >= 11 is 0. The minimum atomic E-state index is -3.59. The molecule has 0 fully saturated rings. The maximum absolute atomic E-state index is 12.4. The van der Waals surface area contributed by atoms with Crippen LogP contribution in [-0.4, -0.2) is 40.6 Å². The van der Waals surface area contributed by atoms with Crippen molar-refractivity contribution in [2.45, 2.75) is 70.1 Å². The molecule has 7 nitrogen and oxygen atoms in total. The first-order valence-corrected chi connectivity index (χ1v) is 12.6. The van der Waals surface area contributed by atoms with Gasteiger partial charge in [0, 0.05) is 25.6 Å². The summed E-state index contributed by atoms with van der Waals surface area (Å²) in [4.78, 5) is 12.2. The fraction of sp³-hybridized carbons (Fsp3) is 0.682.